The molecule has 6 rings (SSSR count). The van der Waals surface area contributed by atoms with Crippen LogP contribution in [-0.2, 0) is 32.1 Å². The molecule has 4 aromatic carbocycles. The average molecular weight is 869 g/mol. The summed E-state index contributed by atoms with van der Waals surface area (Å²) in [6.45, 7) is 3.37. The highest BCUT2D eigenvalue weighted by molar-refractivity contribution is 9.11. The third kappa shape index (κ3) is 9.03. The largest absolute Gasteiger partial charge is 0.496 e. The summed E-state index contributed by atoms with van der Waals surface area (Å²) in [5.74, 6) is -0.390. The molecule has 2 aliphatic heterocycles. The number of fused-ring (bicyclic) bond motifs is 2. The number of methoxy groups -OCH3 is 2. The van der Waals surface area contributed by atoms with Crippen molar-refractivity contribution in [2.24, 2.45) is 0 Å². The number of carbonyl (C=O) groups excluding carboxylic acids is 2. The maximum atomic E-state index is 13.1. The smallest absolute Gasteiger partial charge is 0.419 e. The Kier molecular flexibility index (Phi) is 12.1. The number of anilines is 2. The van der Waals surface area contributed by atoms with E-state index in [9.17, 15) is 22.8 Å². The van der Waals surface area contributed by atoms with Crippen LogP contribution in [0, 0.1) is 0 Å². The molecule has 49 heavy (non-hydrogen) atoms. The van der Waals surface area contributed by atoms with Gasteiger partial charge in [-0.25, -0.2) is 0 Å². The first-order valence-electron chi connectivity index (χ1n) is 15.1. The van der Waals surface area contributed by atoms with Gasteiger partial charge in [-0.15, -0.1) is 0 Å². The van der Waals surface area contributed by atoms with Gasteiger partial charge in [0.1, 0.15) is 11.5 Å². The highest BCUT2D eigenvalue weighted by Crippen LogP contribution is 2.37. The first kappa shape index (κ1) is 36.8. The SMILES string of the molecule is COc1ccc(C(=O)Nc2cc(Br)c3c(c2)CNCC3)cc1Br.COc1ccc(C(=O)Nc2cc(Br)c3c(c2)CNCC3)cc1C(F)(F)F. The molecule has 0 saturated carbocycles. The molecule has 0 radical (unpaired) electrons. The third-order valence-corrected chi connectivity index (χ3v) is 10.0. The van der Waals surface area contributed by atoms with Crippen LogP contribution in [0.4, 0.5) is 24.5 Å². The maximum Gasteiger partial charge on any atom is 0.419 e. The van der Waals surface area contributed by atoms with Crippen molar-refractivity contribution in [3.8, 4) is 11.5 Å². The first-order chi connectivity index (χ1) is 23.4. The van der Waals surface area contributed by atoms with E-state index >= 15 is 0 Å². The van der Waals surface area contributed by atoms with Crippen molar-refractivity contribution < 1.29 is 32.2 Å². The first-order valence-corrected chi connectivity index (χ1v) is 17.5. The van der Waals surface area contributed by atoms with Crippen molar-refractivity contribution in [3.63, 3.8) is 0 Å². The molecule has 0 spiro atoms. The Bertz CT molecular complexity index is 1890. The predicted molar refractivity (Wildman–Crippen MR) is 194 cm³/mol. The van der Waals surface area contributed by atoms with E-state index in [-0.39, 0.29) is 17.2 Å². The Morgan fingerprint density at radius 2 is 1.14 bits per heavy atom. The molecule has 258 valence electrons. The Hall–Kier alpha value is -3.43. The van der Waals surface area contributed by atoms with Crippen LogP contribution in [0.15, 0.2) is 74.1 Å². The molecule has 4 N–H and O–H groups in total. The number of ether oxygens (including phenoxy) is 2. The van der Waals surface area contributed by atoms with Crippen LogP contribution in [0.25, 0.3) is 0 Å². The normalized spacial score (nSPS) is 13.6. The Morgan fingerprint density at radius 1 is 0.673 bits per heavy atom. The van der Waals surface area contributed by atoms with Crippen LogP contribution in [0.2, 0.25) is 0 Å². The molecular weight excluding hydrogens is 837 g/mol. The van der Waals surface area contributed by atoms with E-state index in [4.69, 9.17) is 9.47 Å². The van der Waals surface area contributed by atoms with Crippen LogP contribution in [-0.4, -0.2) is 39.1 Å². The minimum absolute atomic E-state index is 0.0925. The van der Waals surface area contributed by atoms with Crippen molar-refractivity contribution in [1.82, 2.24) is 10.6 Å². The number of amides is 2. The minimum Gasteiger partial charge on any atom is -0.496 e. The van der Waals surface area contributed by atoms with Gasteiger partial charge in [0.25, 0.3) is 11.8 Å². The number of carbonyl (C=O) groups is 2. The van der Waals surface area contributed by atoms with Gasteiger partial charge in [0.2, 0.25) is 0 Å². The zero-order valence-corrected chi connectivity index (χ0v) is 31.2. The van der Waals surface area contributed by atoms with Gasteiger partial charge in [-0.2, -0.15) is 13.2 Å². The van der Waals surface area contributed by atoms with Gasteiger partial charge in [-0.3, -0.25) is 9.59 Å². The van der Waals surface area contributed by atoms with E-state index in [0.717, 1.165) is 76.4 Å². The summed E-state index contributed by atoms with van der Waals surface area (Å²) in [5, 5.41) is 12.2. The molecule has 2 heterocycles. The number of rotatable bonds is 6. The van der Waals surface area contributed by atoms with E-state index in [2.05, 4.69) is 69.1 Å². The predicted octanol–water partition coefficient (Wildman–Crippen LogP) is 8.49. The summed E-state index contributed by atoms with van der Waals surface area (Å²) in [7, 11) is 2.75. The second kappa shape index (κ2) is 16.1. The van der Waals surface area contributed by atoms with Gasteiger partial charge in [0.05, 0.1) is 24.3 Å². The van der Waals surface area contributed by atoms with E-state index in [0.29, 0.717) is 23.5 Å². The molecule has 0 saturated heterocycles. The van der Waals surface area contributed by atoms with E-state index in [1.54, 1.807) is 31.4 Å². The lowest BCUT2D eigenvalue weighted by atomic mass is 10.0. The van der Waals surface area contributed by atoms with Gasteiger partial charge < -0.3 is 30.7 Å². The summed E-state index contributed by atoms with van der Waals surface area (Å²) >= 11 is 10.5. The lowest BCUT2D eigenvalue weighted by Crippen LogP contribution is -2.24. The lowest BCUT2D eigenvalue weighted by molar-refractivity contribution is -0.138. The summed E-state index contributed by atoms with van der Waals surface area (Å²) in [5.41, 5.74) is 5.56. The molecule has 0 fully saturated rings. The van der Waals surface area contributed by atoms with E-state index in [1.807, 2.05) is 18.2 Å². The van der Waals surface area contributed by atoms with E-state index < -0.39 is 17.6 Å². The lowest BCUT2D eigenvalue weighted by Gasteiger charge is -2.20. The fraction of sp³-hybridized carbons (Fsp3) is 0.257. The summed E-state index contributed by atoms with van der Waals surface area (Å²) < 4.78 is 52.0. The molecule has 0 unspecified atom stereocenters. The average Bonchev–Trinajstić information content (AvgIpc) is 3.08. The van der Waals surface area contributed by atoms with Crippen LogP contribution in [0.1, 0.15) is 48.5 Å². The fourth-order valence-electron chi connectivity index (χ4n) is 5.56. The highest BCUT2D eigenvalue weighted by Gasteiger charge is 2.35. The zero-order valence-electron chi connectivity index (χ0n) is 26.4. The van der Waals surface area contributed by atoms with Crippen LogP contribution in [0.3, 0.4) is 0 Å². The van der Waals surface area contributed by atoms with Gasteiger partial charge in [-0.1, -0.05) is 31.9 Å². The minimum atomic E-state index is -4.61. The Labute approximate surface area is 306 Å². The van der Waals surface area contributed by atoms with Crippen molar-refractivity contribution >= 4 is 71.0 Å². The molecule has 0 atom stereocenters. The fourth-order valence-corrected chi connectivity index (χ4v) is 7.50. The van der Waals surface area contributed by atoms with Crippen LogP contribution in [0.5, 0.6) is 11.5 Å². The maximum absolute atomic E-state index is 13.1. The van der Waals surface area contributed by atoms with Gasteiger partial charge >= 0.3 is 6.18 Å². The topological polar surface area (TPSA) is 101 Å². The summed E-state index contributed by atoms with van der Waals surface area (Å²) in [6, 6.07) is 16.1. The Morgan fingerprint density at radius 3 is 1.59 bits per heavy atom. The van der Waals surface area contributed by atoms with E-state index in [1.165, 1.54) is 22.8 Å². The van der Waals surface area contributed by atoms with Crippen molar-refractivity contribution in [1.29, 1.82) is 0 Å². The molecule has 14 heteroatoms. The highest BCUT2D eigenvalue weighted by atomic mass is 79.9. The van der Waals surface area contributed by atoms with Crippen LogP contribution < -0.4 is 30.7 Å². The van der Waals surface area contributed by atoms with Crippen molar-refractivity contribution in [2.45, 2.75) is 32.1 Å². The number of halogens is 6. The Balaban J connectivity index is 0.000000192. The van der Waals surface area contributed by atoms with Crippen LogP contribution >= 0.6 is 47.8 Å². The second-order valence-electron chi connectivity index (χ2n) is 11.2. The zero-order chi connectivity index (χ0) is 35.3. The number of hydrogen-bond donors (Lipinski definition) is 4. The van der Waals surface area contributed by atoms with Crippen molar-refractivity contribution in [3.05, 3.63) is 113 Å². The quantitative estimate of drug-likeness (QED) is 0.155. The second-order valence-corrected chi connectivity index (χ2v) is 13.8. The number of benzene rings is 4. The van der Waals surface area contributed by atoms with Gasteiger partial charge in [-0.05, 0) is 125 Å². The van der Waals surface area contributed by atoms with Gasteiger partial charge in [0.15, 0.2) is 0 Å². The number of nitrogens with one attached hydrogen (secondary N) is 4. The number of alkyl halides is 3. The molecule has 8 nitrogen and oxygen atoms in total. The molecule has 0 bridgehead atoms. The summed E-state index contributed by atoms with van der Waals surface area (Å²) in [4.78, 5) is 24.9. The molecule has 2 amide bonds. The summed E-state index contributed by atoms with van der Waals surface area (Å²) in [6.07, 6.45) is -2.74. The standard InChI is InChI=1S/C18H16BrF3N2O2.C17H16Br2N2O2/c1-26-16-3-2-10(7-14(16)18(20,21)22)17(25)24-12-6-11-9-23-5-4-13(11)15(19)8-12;1-23-16-3-2-10(7-15(16)19)17(22)21-12-6-11-9-20-5-4-13(11)14(18)8-12/h2-3,6-8,23H,4-5,9H2,1H3,(H,24,25);2-3,6-8,20H,4-5,9H2,1H3,(H,21,22). The molecule has 0 aromatic heterocycles. The molecule has 0 aliphatic carbocycles. The van der Waals surface area contributed by atoms with Gasteiger partial charge in [0, 0.05) is 44.5 Å². The van der Waals surface area contributed by atoms with Crippen molar-refractivity contribution in [2.75, 3.05) is 37.9 Å². The molecule has 4 aromatic rings. The number of hydrogen-bond acceptors (Lipinski definition) is 6. The third-order valence-electron chi connectivity index (χ3n) is 8.01. The monoisotopic (exact) mass is 866 g/mol. The molecular formula is C35H32Br3F3N4O4. The molecule has 2 aliphatic rings.